The molecular weight excluding hydrogens is 292 g/mol. The SMILES string of the molecule is COc1cc(C=CC(=O)c2ccc(C)c(C)c2)ccc1SC. The van der Waals surface area contributed by atoms with E-state index in [-0.39, 0.29) is 5.78 Å². The lowest BCUT2D eigenvalue weighted by Gasteiger charge is -2.06. The minimum atomic E-state index is 0.0102. The van der Waals surface area contributed by atoms with Crippen molar-refractivity contribution >= 4 is 23.6 Å². The predicted molar refractivity (Wildman–Crippen MR) is 94.1 cm³/mol. The number of benzene rings is 2. The monoisotopic (exact) mass is 312 g/mol. The molecular formula is C19H20O2S. The highest BCUT2D eigenvalue weighted by atomic mass is 32.2. The number of methoxy groups -OCH3 is 1. The summed E-state index contributed by atoms with van der Waals surface area (Å²) in [4.78, 5) is 13.3. The molecule has 0 aliphatic carbocycles. The first kappa shape index (κ1) is 16.4. The quantitative estimate of drug-likeness (QED) is 0.445. The average molecular weight is 312 g/mol. The standard InChI is InChI=1S/C19H20O2S/c1-13-5-8-16(11-14(13)2)17(20)9-6-15-7-10-19(22-4)18(12-15)21-3/h5-12H,1-4H3. The molecule has 0 heterocycles. The first-order chi connectivity index (χ1) is 10.5. The van der Waals surface area contributed by atoms with Crippen LogP contribution in [0.2, 0.25) is 0 Å². The van der Waals surface area contributed by atoms with Crippen molar-refractivity contribution in [3.63, 3.8) is 0 Å². The van der Waals surface area contributed by atoms with E-state index in [4.69, 9.17) is 4.74 Å². The Morgan fingerprint density at radius 3 is 2.50 bits per heavy atom. The zero-order valence-electron chi connectivity index (χ0n) is 13.3. The smallest absolute Gasteiger partial charge is 0.185 e. The molecule has 0 unspecified atom stereocenters. The number of hydrogen-bond acceptors (Lipinski definition) is 3. The molecule has 2 nitrogen and oxygen atoms in total. The van der Waals surface area contributed by atoms with Crippen LogP contribution >= 0.6 is 11.8 Å². The molecule has 0 atom stereocenters. The number of allylic oxidation sites excluding steroid dienone is 1. The van der Waals surface area contributed by atoms with E-state index in [0.717, 1.165) is 21.8 Å². The summed E-state index contributed by atoms with van der Waals surface area (Å²) in [5, 5.41) is 0. The molecule has 0 aromatic heterocycles. The van der Waals surface area contributed by atoms with Crippen LogP contribution in [0.3, 0.4) is 0 Å². The van der Waals surface area contributed by atoms with Gasteiger partial charge in [-0.1, -0.05) is 24.3 Å². The number of ketones is 1. The van der Waals surface area contributed by atoms with Gasteiger partial charge in [0.05, 0.1) is 7.11 Å². The largest absolute Gasteiger partial charge is 0.496 e. The maximum atomic E-state index is 12.2. The maximum absolute atomic E-state index is 12.2. The van der Waals surface area contributed by atoms with Crippen molar-refractivity contribution in [3.05, 3.63) is 64.7 Å². The summed E-state index contributed by atoms with van der Waals surface area (Å²) in [7, 11) is 1.66. The van der Waals surface area contributed by atoms with Crippen LogP contribution in [-0.2, 0) is 0 Å². The number of rotatable bonds is 5. The number of ether oxygens (including phenoxy) is 1. The van der Waals surface area contributed by atoms with Gasteiger partial charge in [-0.15, -0.1) is 11.8 Å². The molecule has 0 saturated carbocycles. The summed E-state index contributed by atoms with van der Waals surface area (Å²) < 4.78 is 5.36. The van der Waals surface area contributed by atoms with Gasteiger partial charge in [0.2, 0.25) is 0 Å². The summed E-state index contributed by atoms with van der Waals surface area (Å²) in [6, 6.07) is 11.7. The molecule has 114 valence electrons. The highest BCUT2D eigenvalue weighted by molar-refractivity contribution is 7.98. The molecule has 0 saturated heterocycles. The maximum Gasteiger partial charge on any atom is 0.185 e. The minimum absolute atomic E-state index is 0.0102. The molecule has 2 aromatic rings. The first-order valence-corrected chi connectivity index (χ1v) is 8.29. The molecule has 0 amide bonds. The van der Waals surface area contributed by atoms with E-state index < -0.39 is 0 Å². The third kappa shape index (κ3) is 3.80. The van der Waals surface area contributed by atoms with Crippen molar-refractivity contribution in [2.24, 2.45) is 0 Å². The van der Waals surface area contributed by atoms with Gasteiger partial charge in [0, 0.05) is 10.5 Å². The van der Waals surface area contributed by atoms with Gasteiger partial charge in [-0.05, 0) is 61.1 Å². The fourth-order valence-corrected chi connectivity index (χ4v) is 2.67. The summed E-state index contributed by atoms with van der Waals surface area (Å²) in [6.07, 6.45) is 5.44. The lowest BCUT2D eigenvalue weighted by atomic mass is 10.0. The molecule has 3 heteroatoms. The van der Waals surface area contributed by atoms with E-state index in [1.807, 2.05) is 62.6 Å². The average Bonchev–Trinajstić information content (AvgIpc) is 2.54. The second-order valence-electron chi connectivity index (χ2n) is 5.11. The van der Waals surface area contributed by atoms with Crippen LogP contribution in [-0.4, -0.2) is 19.1 Å². The molecule has 0 spiro atoms. The molecule has 0 N–H and O–H groups in total. The summed E-state index contributed by atoms with van der Waals surface area (Å²) in [5.41, 5.74) is 3.99. The Morgan fingerprint density at radius 2 is 1.86 bits per heavy atom. The molecule has 0 aliphatic heterocycles. The third-order valence-corrected chi connectivity index (χ3v) is 4.40. The molecule has 22 heavy (non-hydrogen) atoms. The molecule has 2 aromatic carbocycles. The summed E-state index contributed by atoms with van der Waals surface area (Å²) in [5.74, 6) is 0.837. The highest BCUT2D eigenvalue weighted by Gasteiger charge is 2.05. The normalized spacial score (nSPS) is 10.9. The molecule has 2 rings (SSSR count). The second-order valence-corrected chi connectivity index (χ2v) is 5.96. The van der Waals surface area contributed by atoms with Gasteiger partial charge in [-0.25, -0.2) is 0 Å². The van der Waals surface area contributed by atoms with Crippen molar-refractivity contribution < 1.29 is 9.53 Å². The van der Waals surface area contributed by atoms with Crippen LogP contribution in [0.25, 0.3) is 6.08 Å². The van der Waals surface area contributed by atoms with Crippen LogP contribution in [0.15, 0.2) is 47.4 Å². The number of carbonyl (C=O) groups excluding carboxylic acids is 1. The van der Waals surface area contributed by atoms with Gasteiger partial charge in [0.25, 0.3) is 0 Å². The Morgan fingerprint density at radius 1 is 1.09 bits per heavy atom. The van der Waals surface area contributed by atoms with Crippen LogP contribution in [0.1, 0.15) is 27.0 Å². The topological polar surface area (TPSA) is 26.3 Å². The fraction of sp³-hybridized carbons (Fsp3) is 0.211. The van der Waals surface area contributed by atoms with E-state index in [0.29, 0.717) is 5.56 Å². The van der Waals surface area contributed by atoms with Crippen molar-refractivity contribution in [1.29, 1.82) is 0 Å². The summed E-state index contributed by atoms with van der Waals surface area (Å²) >= 11 is 1.64. The minimum Gasteiger partial charge on any atom is -0.496 e. The number of carbonyl (C=O) groups is 1. The van der Waals surface area contributed by atoms with Gasteiger partial charge < -0.3 is 4.74 Å². The Kier molecular flexibility index (Phi) is 5.45. The van der Waals surface area contributed by atoms with E-state index in [9.17, 15) is 4.79 Å². The highest BCUT2D eigenvalue weighted by Crippen LogP contribution is 2.28. The van der Waals surface area contributed by atoms with Crippen molar-refractivity contribution in [2.45, 2.75) is 18.7 Å². The van der Waals surface area contributed by atoms with Crippen molar-refractivity contribution in [3.8, 4) is 5.75 Å². The molecule has 0 fully saturated rings. The number of thioether (sulfide) groups is 1. The van der Waals surface area contributed by atoms with Crippen molar-refractivity contribution in [2.75, 3.05) is 13.4 Å². The summed E-state index contributed by atoms with van der Waals surface area (Å²) in [6.45, 7) is 4.06. The Hall–Kier alpha value is -2.00. The van der Waals surface area contributed by atoms with Crippen LogP contribution in [0.4, 0.5) is 0 Å². The first-order valence-electron chi connectivity index (χ1n) is 7.07. The molecule has 0 aliphatic rings. The fourth-order valence-electron chi connectivity index (χ4n) is 2.12. The Bertz CT molecular complexity index is 717. The Labute approximate surface area is 136 Å². The second kappa shape index (κ2) is 7.32. The van der Waals surface area contributed by atoms with E-state index >= 15 is 0 Å². The lowest BCUT2D eigenvalue weighted by Crippen LogP contribution is -1.95. The molecule has 0 bridgehead atoms. The van der Waals surface area contributed by atoms with Gasteiger partial charge in [0.1, 0.15) is 5.75 Å². The van der Waals surface area contributed by atoms with Gasteiger partial charge in [0.15, 0.2) is 5.78 Å². The number of aryl methyl sites for hydroxylation is 2. The number of hydrogen-bond donors (Lipinski definition) is 0. The van der Waals surface area contributed by atoms with E-state index in [1.54, 1.807) is 24.9 Å². The third-order valence-electron chi connectivity index (χ3n) is 3.63. The van der Waals surface area contributed by atoms with Gasteiger partial charge >= 0.3 is 0 Å². The zero-order valence-corrected chi connectivity index (χ0v) is 14.2. The molecule has 0 radical (unpaired) electrons. The Balaban J connectivity index is 2.20. The van der Waals surface area contributed by atoms with Gasteiger partial charge in [-0.3, -0.25) is 4.79 Å². The van der Waals surface area contributed by atoms with Crippen LogP contribution < -0.4 is 4.74 Å². The van der Waals surface area contributed by atoms with Crippen molar-refractivity contribution in [1.82, 2.24) is 0 Å². The van der Waals surface area contributed by atoms with Crippen LogP contribution in [0, 0.1) is 13.8 Å². The van der Waals surface area contributed by atoms with E-state index in [2.05, 4.69) is 0 Å². The van der Waals surface area contributed by atoms with Crippen LogP contribution in [0.5, 0.6) is 5.75 Å². The van der Waals surface area contributed by atoms with E-state index in [1.165, 1.54) is 5.56 Å². The zero-order chi connectivity index (χ0) is 16.1. The predicted octanol–water partition coefficient (Wildman–Crippen LogP) is 4.93. The lowest BCUT2D eigenvalue weighted by molar-refractivity contribution is 0.104. The van der Waals surface area contributed by atoms with Gasteiger partial charge in [-0.2, -0.15) is 0 Å².